The van der Waals surface area contributed by atoms with E-state index in [0.717, 1.165) is 6.07 Å². The molecule has 2 nitrogen and oxygen atoms in total. The summed E-state index contributed by atoms with van der Waals surface area (Å²) in [5.74, 6) is -2.02. The first-order chi connectivity index (χ1) is 8.15. The van der Waals surface area contributed by atoms with Crippen LogP contribution in [0.3, 0.4) is 0 Å². The molecule has 1 aromatic rings. The van der Waals surface area contributed by atoms with Gasteiger partial charge in [0.25, 0.3) is 0 Å². The lowest BCUT2D eigenvalue weighted by Crippen LogP contribution is -2.12. The summed E-state index contributed by atoms with van der Waals surface area (Å²) in [6, 6.07) is 2.24. The lowest BCUT2D eigenvalue weighted by atomic mass is 10.1. The molecule has 18 heavy (non-hydrogen) atoms. The summed E-state index contributed by atoms with van der Waals surface area (Å²) in [5.41, 5.74) is -1.50. The van der Waals surface area contributed by atoms with Crippen molar-refractivity contribution in [3.8, 4) is 0 Å². The smallest absolute Gasteiger partial charge is 0.228 e. The molecule has 0 saturated carbocycles. The van der Waals surface area contributed by atoms with Crippen LogP contribution in [0.1, 0.15) is 24.5 Å². The minimum atomic E-state index is -4.82. The molecule has 0 aliphatic carbocycles. The first-order valence-corrected chi connectivity index (χ1v) is 7.04. The average Bonchev–Trinajstić information content (AvgIpc) is 2.18. The molecule has 0 fully saturated rings. The van der Waals surface area contributed by atoms with Gasteiger partial charge in [-0.1, -0.05) is 13.0 Å². The molecule has 7 heteroatoms. The highest BCUT2D eigenvalue weighted by atomic mass is 32.2. The van der Waals surface area contributed by atoms with E-state index in [9.17, 15) is 26.0 Å². The van der Waals surface area contributed by atoms with Crippen LogP contribution in [0.2, 0.25) is 0 Å². The van der Waals surface area contributed by atoms with Crippen molar-refractivity contribution < 1.29 is 26.0 Å². The molecule has 102 valence electrons. The van der Waals surface area contributed by atoms with E-state index in [1.807, 2.05) is 0 Å². The number of benzene rings is 1. The predicted molar refractivity (Wildman–Crippen MR) is 59.2 cm³/mol. The topological polar surface area (TPSA) is 34.1 Å². The molecule has 0 N–H and O–H groups in total. The van der Waals surface area contributed by atoms with Crippen LogP contribution in [-0.4, -0.2) is 14.2 Å². The number of alkyl halides is 3. The summed E-state index contributed by atoms with van der Waals surface area (Å²) in [5, 5.41) is 0. The molecule has 0 spiro atoms. The van der Waals surface area contributed by atoms with Gasteiger partial charge in [0, 0.05) is 0 Å². The van der Waals surface area contributed by atoms with E-state index < -0.39 is 33.1 Å². The van der Waals surface area contributed by atoms with Gasteiger partial charge in [0.2, 0.25) is 0 Å². The minimum Gasteiger partial charge on any atom is -0.228 e. The Hall–Kier alpha value is -1.11. The SMILES string of the molecule is CCCS(=O)(=O)Cc1ccc(F)c(C(F)(F)F)c1. The molecule has 0 heterocycles. The molecule has 0 saturated heterocycles. The largest absolute Gasteiger partial charge is 0.419 e. The van der Waals surface area contributed by atoms with Crippen molar-refractivity contribution in [3.05, 3.63) is 35.1 Å². The Morgan fingerprint density at radius 3 is 2.33 bits per heavy atom. The third kappa shape index (κ3) is 3.97. The Balaban J connectivity index is 3.07. The van der Waals surface area contributed by atoms with Crippen LogP contribution in [-0.2, 0) is 21.8 Å². The van der Waals surface area contributed by atoms with E-state index in [1.54, 1.807) is 6.92 Å². The highest BCUT2D eigenvalue weighted by molar-refractivity contribution is 7.90. The molecule has 0 aliphatic heterocycles. The molecule has 0 aromatic heterocycles. The van der Waals surface area contributed by atoms with Gasteiger partial charge in [-0.3, -0.25) is 0 Å². The first kappa shape index (κ1) is 14.9. The van der Waals surface area contributed by atoms with E-state index in [4.69, 9.17) is 0 Å². The van der Waals surface area contributed by atoms with Crippen molar-refractivity contribution in [2.45, 2.75) is 25.3 Å². The van der Waals surface area contributed by atoms with Crippen LogP contribution < -0.4 is 0 Å². The van der Waals surface area contributed by atoms with Crippen molar-refractivity contribution in [3.63, 3.8) is 0 Å². The van der Waals surface area contributed by atoms with Crippen molar-refractivity contribution in [2.24, 2.45) is 0 Å². The van der Waals surface area contributed by atoms with E-state index in [2.05, 4.69) is 0 Å². The second kappa shape index (κ2) is 5.26. The van der Waals surface area contributed by atoms with Gasteiger partial charge in [-0.15, -0.1) is 0 Å². The van der Waals surface area contributed by atoms with Crippen LogP contribution in [0.25, 0.3) is 0 Å². The summed E-state index contributed by atoms with van der Waals surface area (Å²) >= 11 is 0. The van der Waals surface area contributed by atoms with E-state index in [0.29, 0.717) is 18.6 Å². The summed E-state index contributed by atoms with van der Waals surface area (Å²) in [6.07, 6.45) is -4.44. The number of halogens is 4. The summed E-state index contributed by atoms with van der Waals surface area (Å²) < 4.78 is 73.2. The fourth-order valence-electron chi connectivity index (χ4n) is 1.52. The Morgan fingerprint density at radius 1 is 1.22 bits per heavy atom. The molecule has 1 rings (SSSR count). The van der Waals surface area contributed by atoms with Crippen molar-refractivity contribution in [1.29, 1.82) is 0 Å². The van der Waals surface area contributed by atoms with Crippen LogP contribution in [0.15, 0.2) is 18.2 Å². The zero-order chi connectivity index (χ0) is 14.0. The summed E-state index contributed by atoms with van der Waals surface area (Å²) in [6.45, 7) is 1.66. The fraction of sp³-hybridized carbons (Fsp3) is 0.455. The maximum atomic E-state index is 13.0. The highest BCUT2D eigenvalue weighted by Gasteiger charge is 2.34. The lowest BCUT2D eigenvalue weighted by Gasteiger charge is -2.10. The second-order valence-electron chi connectivity index (χ2n) is 3.90. The van der Waals surface area contributed by atoms with Gasteiger partial charge in [-0.2, -0.15) is 13.2 Å². The maximum absolute atomic E-state index is 13.0. The van der Waals surface area contributed by atoms with Gasteiger partial charge in [0.15, 0.2) is 9.84 Å². The average molecular weight is 284 g/mol. The van der Waals surface area contributed by atoms with Crippen molar-refractivity contribution in [1.82, 2.24) is 0 Å². The molecule has 1 aromatic carbocycles. The normalized spacial score (nSPS) is 12.7. The Labute approximate surface area is 103 Å². The van der Waals surface area contributed by atoms with E-state index in [-0.39, 0.29) is 11.3 Å². The first-order valence-electron chi connectivity index (χ1n) is 5.22. The fourth-order valence-corrected chi connectivity index (χ4v) is 2.97. The van der Waals surface area contributed by atoms with Gasteiger partial charge in [0.1, 0.15) is 5.82 Å². The van der Waals surface area contributed by atoms with Crippen molar-refractivity contribution >= 4 is 9.84 Å². The second-order valence-corrected chi connectivity index (χ2v) is 6.09. The lowest BCUT2D eigenvalue weighted by molar-refractivity contribution is -0.140. The molecule has 0 aliphatic rings. The molecule has 0 atom stereocenters. The van der Waals surface area contributed by atoms with Gasteiger partial charge in [-0.25, -0.2) is 12.8 Å². The van der Waals surface area contributed by atoms with Crippen LogP contribution in [0, 0.1) is 5.82 Å². The number of hydrogen-bond acceptors (Lipinski definition) is 2. The number of hydrogen-bond donors (Lipinski definition) is 0. The summed E-state index contributed by atoms with van der Waals surface area (Å²) in [7, 11) is -3.45. The Kier molecular flexibility index (Phi) is 4.37. The minimum absolute atomic E-state index is 0.0582. The third-order valence-corrected chi connectivity index (χ3v) is 4.04. The quantitative estimate of drug-likeness (QED) is 0.796. The third-order valence-electron chi connectivity index (χ3n) is 2.24. The van der Waals surface area contributed by atoms with Gasteiger partial charge in [0.05, 0.1) is 17.1 Å². The monoisotopic (exact) mass is 284 g/mol. The molecule has 0 unspecified atom stereocenters. The van der Waals surface area contributed by atoms with Gasteiger partial charge < -0.3 is 0 Å². The summed E-state index contributed by atoms with van der Waals surface area (Å²) in [4.78, 5) is 0. The number of rotatable bonds is 4. The maximum Gasteiger partial charge on any atom is 0.419 e. The molecule has 0 radical (unpaired) electrons. The zero-order valence-corrected chi connectivity index (χ0v) is 10.4. The zero-order valence-electron chi connectivity index (χ0n) is 9.59. The predicted octanol–water partition coefficient (Wildman–Crippen LogP) is 3.17. The van der Waals surface area contributed by atoms with Crippen LogP contribution >= 0.6 is 0 Å². The van der Waals surface area contributed by atoms with E-state index in [1.165, 1.54) is 0 Å². The Morgan fingerprint density at radius 2 is 1.83 bits per heavy atom. The molecular formula is C11H12F4O2S. The van der Waals surface area contributed by atoms with Gasteiger partial charge in [-0.05, 0) is 24.1 Å². The van der Waals surface area contributed by atoms with Gasteiger partial charge >= 0.3 is 6.18 Å². The van der Waals surface area contributed by atoms with Crippen LogP contribution in [0.5, 0.6) is 0 Å². The molecular weight excluding hydrogens is 272 g/mol. The Bertz CT molecular complexity index is 520. The number of sulfone groups is 1. The molecule has 0 bridgehead atoms. The molecule has 0 amide bonds. The van der Waals surface area contributed by atoms with Crippen molar-refractivity contribution in [2.75, 3.05) is 5.75 Å². The highest BCUT2D eigenvalue weighted by Crippen LogP contribution is 2.32. The van der Waals surface area contributed by atoms with E-state index >= 15 is 0 Å². The standard InChI is InChI=1S/C11H12F4O2S/c1-2-5-18(16,17)7-8-3-4-10(12)9(6-8)11(13,14)15/h3-4,6H,2,5,7H2,1H3. The van der Waals surface area contributed by atoms with Crippen LogP contribution in [0.4, 0.5) is 17.6 Å².